The minimum Gasteiger partial charge on any atom is -0.393 e. The Morgan fingerprint density at radius 2 is 2.38 bits per heavy atom. The van der Waals surface area contributed by atoms with Crippen molar-refractivity contribution in [2.45, 2.75) is 38.8 Å². The van der Waals surface area contributed by atoms with E-state index < -0.39 is 0 Å². The lowest BCUT2D eigenvalue weighted by atomic mass is 10.0. The average molecular weight is 182 g/mol. The van der Waals surface area contributed by atoms with Gasteiger partial charge >= 0.3 is 0 Å². The molecule has 0 amide bonds. The van der Waals surface area contributed by atoms with Gasteiger partial charge in [0.1, 0.15) is 0 Å². The number of rotatable bonds is 3. The molecule has 0 saturated carbocycles. The molecule has 0 aromatic rings. The molecule has 1 aliphatic heterocycles. The summed E-state index contributed by atoms with van der Waals surface area (Å²) in [7, 11) is 0. The predicted molar refractivity (Wildman–Crippen MR) is 51.1 cm³/mol. The third-order valence-electron chi connectivity index (χ3n) is 2.91. The monoisotopic (exact) mass is 182 g/mol. The zero-order chi connectivity index (χ0) is 9.84. The number of nitriles is 1. The second-order valence-corrected chi connectivity index (χ2v) is 3.84. The van der Waals surface area contributed by atoms with E-state index in [9.17, 15) is 5.11 Å². The first kappa shape index (κ1) is 10.5. The van der Waals surface area contributed by atoms with Gasteiger partial charge in [-0.3, -0.25) is 4.90 Å². The van der Waals surface area contributed by atoms with Crippen LogP contribution in [0, 0.1) is 17.2 Å². The highest BCUT2D eigenvalue weighted by Crippen LogP contribution is 2.22. The molecular weight excluding hydrogens is 164 g/mol. The molecule has 3 nitrogen and oxygen atoms in total. The van der Waals surface area contributed by atoms with Crippen molar-refractivity contribution in [1.82, 2.24) is 4.90 Å². The summed E-state index contributed by atoms with van der Waals surface area (Å²) in [5, 5.41) is 18.2. The lowest BCUT2D eigenvalue weighted by molar-refractivity contribution is 0.125. The van der Waals surface area contributed by atoms with Crippen molar-refractivity contribution in [3.8, 4) is 6.07 Å². The number of likely N-dealkylation sites (tertiary alicyclic amines) is 1. The Hall–Kier alpha value is -0.590. The van der Waals surface area contributed by atoms with Crippen LogP contribution in [0.3, 0.4) is 0 Å². The summed E-state index contributed by atoms with van der Waals surface area (Å²) in [5.74, 6) is 0.363. The van der Waals surface area contributed by atoms with Crippen LogP contribution < -0.4 is 0 Å². The average Bonchev–Trinajstić information content (AvgIpc) is 2.56. The Kier molecular flexibility index (Phi) is 3.71. The highest BCUT2D eigenvalue weighted by Gasteiger charge is 2.29. The Balaban J connectivity index is 2.45. The van der Waals surface area contributed by atoms with Gasteiger partial charge in [0.15, 0.2) is 0 Å². The van der Waals surface area contributed by atoms with E-state index in [-0.39, 0.29) is 12.1 Å². The first-order chi connectivity index (χ1) is 6.19. The van der Waals surface area contributed by atoms with Gasteiger partial charge in [-0.15, -0.1) is 0 Å². The Morgan fingerprint density at radius 1 is 1.69 bits per heavy atom. The molecule has 3 atom stereocenters. The Labute approximate surface area is 80.0 Å². The van der Waals surface area contributed by atoms with Crippen molar-refractivity contribution in [3.63, 3.8) is 0 Å². The summed E-state index contributed by atoms with van der Waals surface area (Å²) in [6, 6.07) is 2.34. The number of hydrogen-bond acceptors (Lipinski definition) is 3. The standard InChI is InChI=1S/C10H18N2O/c1-3-10(6-11)12-5-4-9(7-12)8(2)13/h8-10,13H,3-5,7H2,1-2H3. The summed E-state index contributed by atoms with van der Waals surface area (Å²) < 4.78 is 0. The van der Waals surface area contributed by atoms with Gasteiger partial charge in [0.05, 0.1) is 18.2 Å². The highest BCUT2D eigenvalue weighted by atomic mass is 16.3. The van der Waals surface area contributed by atoms with Crippen LogP contribution in [0.5, 0.6) is 0 Å². The molecule has 0 aromatic heterocycles. The summed E-state index contributed by atoms with van der Waals surface area (Å²) in [6.07, 6.45) is 1.67. The van der Waals surface area contributed by atoms with E-state index in [2.05, 4.69) is 11.0 Å². The van der Waals surface area contributed by atoms with Crippen LogP contribution in [-0.4, -0.2) is 35.2 Å². The van der Waals surface area contributed by atoms with E-state index in [1.54, 1.807) is 0 Å². The maximum atomic E-state index is 9.39. The van der Waals surface area contributed by atoms with Crippen molar-refractivity contribution in [2.75, 3.05) is 13.1 Å². The quantitative estimate of drug-likeness (QED) is 0.708. The molecule has 3 unspecified atom stereocenters. The second-order valence-electron chi connectivity index (χ2n) is 3.84. The topological polar surface area (TPSA) is 47.3 Å². The number of aliphatic hydroxyl groups excluding tert-OH is 1. The molecule has 0 aliphatic carbocycles. The van der Waals surface area contributed by atoms with Crippen LogP contribution >= 0.6 is 0 Å². The van der Waals surface area contributed by atoms with Crippen LogP contribution in [-0.2, 0) is 0 Å². The van der Waals surface area contributed by atoms with Crippen molar-refractivity contribution in [3.05, 3.63) is 0 Å². The zero-order valence-corrected chi connectivity index (χ0v) is 8.40. The molecule has 0 radical (unpaired) electrons. The van der Waals surface area contributed by atoms with Gasteiger partial charge in [-0.05, 0) is 32.2 Å². The molecular formula is C10H18N2O. The summed E-state index contributed by atoms with van der Waals surface area (Å²) in [6.45, 7) is 5.70. The molecule has 13 heavy (non-hydrogen) atoms. The third kappa shape index (κ3) is 2.43. The van der Waals surface area contributed by atoms with Crippen molar-refractivity contribution < 1.29 is 5.11 Å². The van der Waals surface area contributed by atoms with Gasteiger partial charge in [-0.25, -0.2) is 0 Å². The Morgan fingerprint density at radius 3 is 2.77 bits per heavy atom. The fourth-order valence-corrected chi connectivity index (χ4v) is 1.92. The van der Waals surface area contributed by atoms with Gasteiger partial charge in [-0.1, -0.05) is 6.92 Å². The zero-order valence-electron chi connectivity index (χ0n) is 8.40. The van der Waals surface area contributed by atoms with Gasteiger partial charge < -0.3 is 5.11 Å². The lowest BCUT2D eigenvalue weighted by Crippen LogP contribution is -2.32. The van der Waals surface area contributed by atoms with E-state index in [0.29, 0.717) is 5.92 Å². The highest BCUT2D eigenvalue weighted by molar-refractivity contribution is 4.94. The molecule has 0 aromatic carbocycles. The maximum Gasteiger partial charge on any atom is 0.0975 e. The summed E-state index contributed by atoms with van der Waals surface area (Å²) in [5.41, 5.74) is 0. The van der Waals surface area contributed by atoms with Crippen LogP contribution in [0.25, 0.3) is 0 Å². The maximum absolute atomic E-state index is 9.39. The molecule has 0 bridgehead atoms. The minimum absolute atomic E-state index is 0.0451. The van der Waals surface area contributed by atoms with E-state index in [1.807, 2.05) is 13.8 Å². The lowest BCUT2D eigenvalue weighted by Gasteiger charge is -2.21. The van der Waals surface area contributed by atoms with E-state index >= 15 is 0 Å². The van der Waals surface area contributed by atoms with Crippen LogP contribution in [0.2, 0.25) is 0 Å². The Bertz CT molecular complexity index is 198. The fraction of sp³-hybridized carbons (Fsp3) is 0.900. The third-order valence-corrected chi connectivity index (χ3v) is 2.91. The molecule has 1 heterocycles. The van der Waals surface area contributed by atoms with Gasteiger partial charge in [0, 0.05) is 6.54 Å². The van der Waals surface area contributed by atoms with E-state index in [1.165, 1.54) is 0 Å². The van der Waals surface area contributed by atoms with Crippen LogP contribution in [0.15, 0.2) is 0 Å². The van der Waals surface area contributed by atoms with E-state index in [4.69, 9.17) is 5.26 Å². The normalized spacial score (nSPS) is 28.3. The molecule has 1 fully saturated rings. The van der Waals surface area contributed by atoms with Crippen LogP contribution in [0.1, 0.15) is 26.7 Å². The van der Waals surface area contributed by atoms with Crippen molar-refractivity contribution >= 4 is 0 Å². The molecule has 1 aliphatic rings. The summed E-state index contributed by atoms with van der Waals surface area (Å²) in [4.78, 5) is 2.18. The van der Waals surface area contributed by atoms with Gasteiger partial charge in [-0.2, -0.15) is 5.26 Å². The SMILES string of the molecule is CCC(C#N)N1CCC(C(C)O)C1. The number of hydrogen-bond donors (Lipinski definition) is 1. The first-order valence-electron chi connectivity index (χ1n) is 5.00. The first-order valence-corrected chi connectivity index (χ1v) is 5.00. The molecule has 1 rings (SSSR count). The largest absolute Gasteiger partial charge is 0.393 e. The minimum atomic E-state index is -0.235. The van der Waals surface area contributed by atoms with Crippen LogP contribution in [0.4, 0.5) is 0 Å². The number of aliphatic hydroxyl groups is 1. The molecule has 1 saturated heterocycles. The summed E-state index contributed by atoms with van der Waals surface area (Å²) >= 11 is 0. The van der Waals surface area contributed by atoms with Crippen molar-refractivity contribution in [1.29, 1.82) is 5.26 Å². The molecule has 0 spiro atoms. The number of nitrogens with zero attached hydrogens (tertiary/aromatic N) is 2. The van der Waals surface area contributed by atoms with E-state index in [0.717, 1.165) is 25.9 Å². The predicted octanol–water partition coefficient (Wildman–Crippen LogP) is 0.991. The molecule has 1 N–H and O–H groups in total. The van der Waals surface area contributed by atoms with Gasteiger partial charge in [0.2, 0.25) is 0 Å². The molecule has 3 heteroatoms. The smallest absolute Gasteiger partial charge is 0.0975 e. The fourth-order valence-electron chi connectivity index (χ4n) is 1.92. The molecule has 74 valence electrons. The van der Waals surface area contributed by atoms with Gasteiger partial charge in [0.25, 0.3) is 0 Å². The second kappa shape index (κ2) is 4.59. The van der Waals surface area contributed by atoms with Crippen molar-refractivity contribution in [2.24, 2.45) is 5.92 Å².